The Morgan fingerprint density at radius 1 is 0.895 bits per heavy atom. The molecule has 0 bridgehead atoms. The molecule has 2 aromatic rings. The first-order valence-corrected chi connectivity index (χ1v) is 7.37. The maximum absolute atomic E-state index is 12.6. The van der Waals surface area contributed by atoms with Gasteiger partial charge in [0.05, 0.1) is 0 Å². The van der Waals surface area contributed by atoms with Crippen LogP contribution in [0.2, 0.25) is 0 Å². The van der Waals surface area contributed by atoms with Gasteiger partial charge in [-0.15, -0.1) is 0 Å². The molecule has 0 radical (unpaired) electrons. The van der Waals surface area contributed by atoms with Crippen LogP contribution in [0.4, 0.5) is 0 Å². The van der Waals surface area contributed by atoms with Crippen molar-refractivity contribution in [2.75, 3.05) is 0 Å². The number of Topliss-reactive ketones (excluding diaryl/α,β-unsaturated/α-hetero) is 1. The average molecular weight is 250 g/mol. The van der Waals surface area contributed by atoms with Crippen molar-refractivity contribution in [3.8, 4) is 0 Å². The standard InChI is InChI=1S/C18H18O/c19-18(17-15-7-3-4-8-16(15)17)14-10-9-12-5-1-2-6-13(12)11-14/h1-2,5-6,9-11,15-17H,3-4,7-8H2. The van der Waals surface area contributed by atoms with Gasteiger partial charge in [-0.05, 0) is 41.5 Å². The highest BCUT2D eigenvalue weighted by atomic mass is 16.1. The van der Waals surface area contributed by atoms with Crippen molar-refractivity contribution < 1.29 is 4.79 Å². The quantitative estimate of drug-likeness (QED) is 0.719. The summed E-state index contributed by atoms with van der Waals surface area (Å²) in [5, 5.41) is 2.39. The van der Waals surface area contributed by atoms with Gasteiger partial charge in [0, 0.05) is 11.5 Å². The minimum atomic E-state index is 0.337. The summed E-state index contributed by atoms with van der Waals surface area (Å²) in [4.78, 5) is 12.6. The molecule has 2 saturated carbocycles. The fourth-order valence-corrected chi connectivity index (χ4v) is 3.92. The van der Waals surface area contributed by atoms with Gasteiger partial charge in [-0.2, -0.15) is 0 Å². The molecule has 0 aromatic heterocycles. The van der Waals surface area contributed by atoms with Crippen LogP contribution in [0.1, 0.15) is 36.0 Å². The summed E-state index contributed by atoms with van der Waals surface area (Å²) in [6, 6.07) is 14.4. The number of rotatable bonds is 2. The van der Waals surface area contributed by atoms with Crippen LogP contribution in [0.25, 0.3) is 10.8 Å². The number of carbonyl (C=O) groups is 1. The average Bonchev–Trinajstić information content (AvgIpc) is 3.20. The zero-order valence-corrected chi connectivity index (χ0v) is 11.0. The molecule has 1 nitrogen and oxygen atoms in total. The molecule has 0 aliphatic heterocycles. The van der Waals surface area contributed by atoms with E-state index in [1.807, 2.05) is 18.2 Å². The van der Waals surface area contributed by atoms with Gasteiger partial charge in [0.1, 0.15) is 0 Å². The summed E-state index contributed by atoms with van der Waals surface area (Å²) >= 11 is 0. The van der Waals surface area contributed by atoms with Gasteiger partial charge < -0.3 is 0 Å². The lowest BCUT2D eigenvalue weighted by molar-refractivity contribution is 0.0956. The first-order chi connectivity index (χ1) is 9.34. The topological polar surface area (TPSA) is 17.1 Å². The minimum absolute atomic E-state index is 0.337. The van der Waals surface area contributed by atoms with Crippen LogP contribution in [0.3, 0.4) is 0 Å². The fraction of sp³-hybridized carbons (Fsp3) is 0.389. The predicted octanol–water partition coefficient (Wildman–Crippen LogP) is 4.46. The van der Waals surface area contributed by atoms with E-state index in [0.29, 0.717) is 23.5 Å². The lowest BCUT2D eigenvalue weighted by Gasteiger charge is -2.04. The van der Waals surface area contributed by atoms with E-state index >= 15 is 0 Å². The Hall–Kier alpha value is -1.63. The third-order valence-electron chi connectivity index (χ3n) is 4.99. The van der Waals surface area contributed by atoms with Gasteiger partial charge in [-0.25, -0.2) is 0 Å². The number of fused-ring (bicyclic) bond motifs is 2. The Morgan fingerprint density at radius 3 is 2.32 bits per heavy atom. The predicted molar refractivity (Wildman–Crippen MR) is 77.2 cm³/mol. The lowest BCUT2D eigenvalue weighted by Crippen LogP contribution is -2.04. The highest BCUT2D eigenvalue weighted by Gasteiger charge is 2.54. The van der Waals surface area contributed by atoms with Gasteiger partial charge in [0.25, 0.3) is 0 Å². The van der Waals surface area contributed by atoms with E-state index in [1.165, 1.54) is 36.5 Å². The Kier molecular flexibility index (Phi) is 2.48. The van der Waals surface area contributed by atoms with E-state index in [2.05, 4.69) is 24.3 Å². The molecule has 2 aliphatic rings. The van der Waals surface area contributed by atoms with Crippen LogP contribution in [0.15, 0.2) is 42.5 Å². The molecule has 2 unspecified atom stereocenters. The van der Waals surface area contributed by atoms with Crippen molar-refractivity contribution in [2.24, 2.45) is 17.8 Å². The van der Waals surface area contributed by atoms with E-state index < -0.39 is 0 Å². The lowest BCUT2D eigenvalue weighted by atomic mass is 10.0. The minimum Gasteiger partial charge on any atom is -0.294 e. The van der Waals surface area contributed by atoms with Crippen LogP contribution in [0, 0.1) is 17.8 Å². The normalized spacial score (nSPS) is 28.9. The van der Waals surface area contributed by atoms with Crippen LogP contribution < -0.4 is 0 Å². The van der Waals surface area contributed by atoms with Gasteiger partial charge in [0.15, 0.2) is 5.78 Å². The second-order valence-corrected chi connectivity index (χ2v) is 6.06. The van der Waals surface area contributed by atoms with Crippen LogP contribution in [-0.2, 0) is 0 Å². The fourth-order valence-electron chi connectivity index (χ4n) is 3.92. The zero-order valence-electron chi connectivity index (χ0n) is 11.0. The van der Waals surface area contributed by atoms with Crippen molar-refractivity contribution in [2.45, 2.75) is 25.7 Å². The Bertz CT molecular complexity index is 631. The Balaban J connectivity index is 1.65. The van der Waals surface area contributed by atoms with Gasteiger partial charge in [-0.3, -0.25) is 4.79 Å². The van der Waals surface area contributed by atoms with Crippen molar-refractivity contribution >= 4 is 16.6 Å². The van der Waals surface area contributed by atoms with Gasteiger partial charge >= 0.3 is 0 Å². The van der Waals surface area contributed by atoms with Crippen LogP contribution >= 0.6 is 0 Å². The first kappa shape index (κ1) is 11.2. The molecule has 96 valence electrons. The van der Waals surface area contributed by atoms with E-state index in [4.69, 9.17) is 0 Å². The highest BCUT2D eigenvalue weighted by molar-refractivity contribution is 6.03. The second-order valence-electron chi connectivity index (χ2n) is 6.06. The van der Waals surface area contributed by atoms with Gasteiger partial charge in [0.2, 0.25) is 0 Å². The Morgan fingerprint density at radius 2 is 1.58 bits per heavy atom. The number of benzene rings is 2. The SMILES string of the molecule is O=C(c1ccc2ccccc2c1)C1C2CCCCC21. The third-order valence-corrected chi connectivity index (χ3v) is 4.99. The molecular weight excluding hydrogens is 232 g/mol. The molecule has 0 heterocycles. The summed E-state index contributed by atoms with van der Waals surface area (Å²) in [5.74, 6) is 2.13. The zero-order chi connectivity index (χ0) is 12.8. The Labute approximate surface area is 113 Å². The van der Waals surface area contributed by atoms with Crippen molar-refractivity contribution in [1.29, 1.82) is 0 Å². The molecule has 0 spiro atoms. The maximum Gasteiger partial charge on any atom is 0.166 e. The van der Waals surface area contributed by atoms with E-state index in [0.717, 1.165) is 5.56 Å². The van der Waals surface area contributed by atoms with E-state index in [9.17, 15) is 4.79 Å². The molecule has 2 aromatic carbocycles. The number of hydrogen-bond acceptors (Lipinski definition) is 1. The summed E-state index contributed by atoms with van der Waals surface area (Å²) in [6.45, 7) is 0. The molecule has 0 saturated heterocycles. The molecule has 4 rings (SSSR count). The summed E-state index contributed by atoms with van der Waals surface area (Å²) in [6.07, 6.45) is 5.19. The summed E-state index contributed by atoms with van der Waals surface area (Å²) < 4.78 is 0. The van der Waals surface area contributed by atoms with E-state index in [-0.39, 0.29) is 0 Å². The summed E-state index contributed by atoms with van der Waals surface area (Å²) in [5.41, 5.74) is 0.915. The molecule has 2 fully saturated rings. The number of hydrogen-bond donors (Lipinski definition) is 0. The molecule has 2 aliphatic carbocycles. The first-order valence-electron chi connectivity index (χ1n) is 7.37. The third kappa shape index (κ3) is 1.80. The molecule has 0 amide bonds. The second kappa shape index (κ2) is 4.19. The highest BCUT2D eigenvalue weighted by Crippen LogP contribution is 2.56. The molecule has 1 heteroatoms. The van der Waals surface area contributed by atoms with Crippen molar-refractivity contribution in [1.82, 2.24) is 0 Å². The number of carbonyl (C=O) groups excluding carboxylic acids is 1. The smallest absolute Gasteiger partial charge is 0.166 e. The number of ketones is 1. The maximum atomic E-state index is 12.6. The van der Waals surface area contributed by atoms with E-state index in [1.54, 1.807) is 0 Å². The van der Waals surface area contributed by atoms with Crippen molar-refractivity contribution in [3.63, 3.8) is 0 Å². The van der Waals surface area contributed by atoms with Gasteiger partial charge in [-0.1, -0.05) is 49.2 Å². The molecule has 2 atom stereocenters. The van der Waals surface area contributed by atoms with Crippen LogP contribution in [-0.4, -0.2) is 5.78 Å². The van der Waals surface area contributed by atoms with Crippen LogP contribution in [0.5, 0.6) is 0 Å². The molecule has 0 N–H and O–H groups in total. The largest absolute Gasteiger partial charge is 0.294 e. The van der Waals surface area contributed by atoms with Crippen molar-refractivity contribution in [3.05, 3.63) is 48.0 Å². The molecular formula is C18H18O. The monoisotopic (exact) mass is 250 g/mol. The summed E-state index contributed by atoms with van der Waals surface area (Å²) in [7, 11) is 0. The molecule has 19 heavy (non-hydrogen) atoms.